The first-order chi connectivity index (χ1) is 6.73. The average Bonchev–Trinajstić information content (AvgIpc) is 2.06. The lowest BCUT2D eigenvalue weighted by atomic mass is 10.2. The number of nitro benzene ring substituents is 1. The van der Waals surface area contributed by atoms with Crippen LogP contribution in [0.15, 0.2) is 12.1 Å². The predicted molar refractivity (Wildman–Crippen MR) is 57.3 cm³/mol. The van der Waals surface area contributed by atoms with E-state index in [9.17, 15) is 14.5 Å². The van der Waals surface area contributed by atoms with Crippen molar-refractivity contribution < 1.29 is 9.31 Å². The summed E-state index contributed by atoms with van der Waals surface area (Å²) < 4.78 is 10.9. The third kappa shape index (κ3) is 2.84. The summed E-state index contributed by atoms with van der Waals surface area (Å²) in [5.74, 6) is -0.886. The van der Waals surface area contributed by atoms with Crippen LogP contribution in [0.5, 0.6) is 0 Å². The molecule has 0 saturated carbocycles. The maximum absolute atomic E-state index is 13.0. The third-order valence-electron chi connectivity index (χ3n) is 1.54. The molecule has 15 heavy (non-hydrogen) atoms. The summed E-state index contributed by atoms with van der Waals surface area (Å²) in [5, 5.41) is 10.2. The van der Waals surface area contributed by atoms with Crippen molar-refractivity contribution in [2.45, 2.75) is 3.79 Å². The standard InChI is InChI=1S/C7H2Cl4FNO2/c8-4-2-6(13(14)15)3(1-5(4)12)7(9,10)11/h1-2H. The van der Waals surface area contributed by atoms with Crippen LogP contribution in [0, 0.1) is 15.9 Å². The van der Waals surface area contributed by atoms with Crippen LogP contribution in [0.1, 0.15) is 5.56 Å². The molecule has 0 aliphatic carbocycles. The van der Waals surface area contributed by atoms with Gasteiger partial charge in [0.1, 0.15) is 5.82 Å². The van der Waals surface area contributed by atoms with Crippen molar-refractivity contribution >= 4 is 52.1 Å². The second-order valence-corrected chi connectivity index (χ2v) is 5.23. The van der Waals surface area contributed by atoms with E-state index in [0.717, 1.165) is 12.1 Å². The van der Waals surface area contributed by atoms with Gasteiger partial charge >= 0.3 is 0 Å². The summed E-state index contributed by atoms with van der Waals surface area (Å²) in [7, 11) is 0. The van der Waals surface area contributed by atoms with E-state index < -0.39 is 25.2 Å². The van der Waals surface area contributed by atoms with Crippen LogP contribution in [0.2, 0.25) is 5.02 Å². The Labute approximate surface area is 104 Å². The number of hydrogen-bond donors (Lipinski definition) is 0. The Morgan fingerprint density at radius 1 is 1.33 bits per heavy atom. The van der Waals surface area contributed by atoms with Crippen LogP contribution in [0.3, 0.4) is 0 Å². The lowest BCUT2D eigenvalue weighted by Crippen LogP contribution is -2.06. The molecule has 0 aliphatic heterocycles. The van der Waals surface area contributed by atoms with Gasteiger partial charge in [-0.2, -0.15) is 0 Å². The van der Waals surface area contributed by atoms with Gasteiger partial charge in [-0.15, -0.1) is 0 Å². The number of nitrogens with zero attached hydrogens (tertiary/aromatic N) is 1. The van der Waals surface area contributed by atoms with Crippen molar-refractivity contribution in [3.8, 4) is 0 Å². The maximum Gasteiger partial charge on any atom is 0.278 e. The highest BCUT2D eigenvalue weighted by Crippen LogP contribution is 2.44. The maximum atomic E-state index is 13.0. The third-order valence-corrected chi connectivity index (χ3v) is 2.44. The van der Waals surface area contributed by atoms with Crippen LogP contribution in [-0.4, -0.2) is 4.92 Å². The minimum Gasteiger partial charge on any atom is -0.258 e. The summed E-state index contributed by atoms with van der Waals surface area (Å²) >= 11 is 21.7. The molecule has 0 aromatic heterocycles. The lowest BCUT2D eigenvalue weighted by Gasteiger charge is -2.11. The molecule has 0 bridgehead atoms. The molecule has 0 radical (unpaired) electrons. The van der Waals surface area contributed by atoms with Gasteiger partial charge in [0.05, 0.1) is 15.5 Å². The van der Waals surface area contributed by atoms with Gasteiger partial charge in [-0.05, 0) is 6.07 Å². The average molecular weight is 293 g/mol. The molecule has 0 amide bonds. The summed E-state index contributed by atoms with van der Waals surface area (Å²) in [6.07, 6.45) is 0. The first kappa shape index (κ1) is 12.8. The summed E-state index contributed by atoms with van der Waals surface area (Å²) in [5.41, 5.74) is -0.902. The van der Waals surface area contributed by atoms with Crippen molar-refractivity contribution in [1.29, 1.82) is 0 Å². The van der Waals surface area contributed by atoms with Crippen molar-refractivity contribution in [3.05, 3.63) is 38.7 Å². The van der Waals surface area contributed by atoms with E-state index in [0.29, 0.717) is 0 Å². The highest BCUT2D eigenvalue weighted by molar-refractivity contribution is 6.67. The molecule has 0 N–H and O–H groups in total. The number of halogens is 5. The highest BCUT2D eigenvalue weighted by atomic mass is 35.6. The van der Waals surface area contributed by atoms with E-state index in [1.165, 1.54) is 0 Å². The number of nitro groups is 1. The predicted octanol–water partition coefficient (Wildman–Crippen LogP) is 4.21. The summed E-state index contributed by atoms with van der Waals surface area (Å²) in [6, 6.07) is 1.53. The quantitative estimate of drug-likeness (QED) is 0.442. The van der Waals surface area contributed by atoms with E-state index in [1.54, 1.807) is 0 Å². The normalized spacial score (nSPS) is 11.5. The van der Waals surface area contributed by atoms with Gasteiger partial charge in [0, 0.05) is 6.07 Å². The SMILES string of the molecule is O=[N+]([O-])c1cc(Cl)c(F)cc1C(Cl)(Cl)Cl. The van der Waals surface area contributed by atoms with E-state index in [2.05, 4.69) is 0 Å². The fourth-order valence-corrected chi connectivity index (χ4v) is 1.53. The number of hydrogen-bond acceptors (Lipinski definition) is 2. The smallest absolute Gasteiger partial charge is 0.258 e. The molecule has 8 heteroatoms. The first-order valence-corrected chi connectivity index (χ1v) is 4.95. The first-order valence-electron chi connectivity index (χ1n) is 3.44. The van der Waals surface area contributed by atoms with E-state index >= 15 is 0 Å². The van der Waals surface area contributed by atoms with Crippen LogP contribution >= 0.6 is 46.4 Å². The minimum absolute atomic E-state index is 0.362. The highest BCUT2D eigenvalue weighted by Gasteiger charge is 2.33. The second-order valence-electron chi connectivity index (χ2n) is 2.54. The molecule has 3 nitrogen and oxygen atoms in total. The van der Waals surface area contributed by atoms with Gasteiger partial charge in [0.15, 0.2) is 0 Å². The fourth-order valence-electron chi connectivity index (χ4n) is 0.914. The Morgan fingerprint density at radius 2 is 1.87 bits per heavy atom. The molecule has 0 aliphatic rings. The topological polar surface area (TPSA) is 43.1 Å². The van der Waals surface area contributed by atoms with E-state index in [1.807, 2.05) is 0 Å². The Kier molecular flexibility index (Phi) is 3.66. The van der Waals surface area contributed by atoms with E-state index in [-0.39, 0.29) is 5.56 Å². The molecule has 1 aromatic carbocycles. The molecule has 82 valence electrons. The molecule has 1 aromatic rings. The van der Waals surface area contributed by atoms with Crippen LogP contribution < -0.4 is 0 Å². The largest absolute Gasteiger partial charge is 0.278 e. The van der Waals surface area contributed by atoms with Gasteiger partial charge in [-0.1, -0.05) is 46.4 Å². The van der Waals surface area contributed by atoms with Crippen molar-refractivity contribution in [2.24, 2.45) is 0 Å². The Hall–Kier alpha value is -0.290. The van der Waals surface area contributed by atoms with Crippen LogP contribution in [0.25, 0.3) is 0 Å². The lowest BCUT2D eigenvalue weighted by molar-refractivity contribution is -0.385. The number of benzene rings is 1. The summed E-state index contributed by atoms with van der Waals surface area (Å²) in [4.78, 5) is 9.78. The van der Waals surface area contributed by atoms with Gasteiger partial charge < -0.3 is 0 Å². The minimum atomic E-state index is -2.08. The van der Waals surface area contributed by atoms with Gasteiger partial charge in [0.25, 0.3) is 5.69 Å². The van der Waals surface area contributed by atoms with Crippen LogP contribution in [0.4, 0.5) is 10.1 Å². The monoisotopic (exact) mass is 291 g/mol. The Bertz CT molecular complexity index is 418. The van der Waals surface area contributed by atoms with E-state index in [4.69, 9.17) is 46.4 Å². The van der Waals surface area contributed by atoms with Crippen molar-refractivity contribution in [1.82, 2.24) is 0 Å². The molecule has 0 atom stereocenters. The zero-order chi connectivity index (χ0) is 11.8. The van der Waals surface area contributed by atoms with Crippen molar-refractivity contribution in [3.63, 3.8) is 0 Å². The fraction of sp³-hybridized carbons (Fsp3) is 0.143. The molecule has 0 spiro atoms. The van der Waals surface area contributed by atoms with Crippen LogP contribution in [-0.2, 0) is 3.79 Å². The zero-order valence-electron chi connectivity index (χ0n) is 6.81. The number of alkyl halides is 3. The molecular weight excluding hydrogens is 291 g/mol. The molecule has 1 rings (SSSR count). The molecule has 0 heterocycles. The molecule has 0 saturated heterocycles. The zero-order valence-corrected chi connectivity index (χ0v) is 9.83. The van der Waals surface area contributed by atoms with Crippen molar-refractivity contribution in [2.75, 3.05) is 0 Å². The second kappa shape index (κ2) is 4.29. The Balaban J connectivity index is 3.49. The molecule has 0 fully saturated rings. The summed E-state index contributed by atoms with van der Waals surface area (Å²) in [6.45, 7) is 0. The molecular formula is C7H2Cl4FNO2. The van der Waals surface area contributed by atoms with Gasteiger partial charge in [-0.25, -0.2) is 4.39 Å². The molecule has 0 unspecified atom stereocenters. The number of rotatable bonds is 1. The van der Waals surface area contributed by atoms with Gasteiger partial charge in [0.2, 0.25) is 3.79 Å². The Morgan fingerprint density at radius 3 is 2.27 bits per heavy atom. The van der Waals surface area contributed by atoms with Gasteiger partial charge in [-0.3, -0.25) is 10.1 Å².